The van der Waals surface area contributed by atoms with E-state index in [2.05, 4.69) is 22.6 Å². The van der Waals surface area contributed by atoms with Crippen LogP contribution in [0.25, 0.3) is 0 Å². The van der Waals surface area contributed by atoms with Gasteiger partial charge in [0.25, 0.3) is 0 Å². The van der Waals surface area contributed by atoms with Crippen molar-refractivity contribution in [2.75, 3.05) is 20.3 Å². The summed E-state index contributed by atoms with van der Waals surface area (Å²) in [4.78, 5) is 11.5. The normalized spacial score (nSPS) is 13.3. The van der Waals surface area contributed by atoms with Crippen molar-refractivity contribution in [2.24, 2.45) is 0 Å². The largest absolute Gasteiger partial charge is 0.496 e. The van der Waals surface area contributed by atoms with Gasteiger partial charge in [0.05, 0.1) is 16.2 Å². The van der Waals surface area contributed by atoms with Crippen molar-refractivity contribution >= 4 is 28.9 Å². The molecule has 0 heterocycles. The topological polar surface area (TPSA) is 63.2 Å². The molecule has 7 heteroatoms. The Morgan fingerprint density at radius 1 is 1.09 bits per heavy atom. The van der Waals surface area contributed by atoms with Gasteiger partial charge in [0.1, 0.15) is 11.5 Å². The van der Waals surface area contributed by atoms with Gasteiger partial charge in [-0.25, -0.2) is 0 Å². The van der Waals surface area contributed by atoms with E-state index in [0.717, 1.165) is 0 Å². The highest BCUT2D eigenvalue weighted by Crippen LogP contribution is 2.40. The molecule has 2 atom stereocenters. The van der Waals surface area contributed by atoms with Crippen LogP contribution in [-0.4, -0.2) is 39.2 Å². The summed E-state index contributed by atoms with van der Waals surface area (Å²) in [6.45, 7) is 8.35. The van der Waals surface area contributed by atoms with Crippen LogP contribution in [0.2, 0.25) is 0 Å². The third kappa shape index (κ3) is 5.50. The van der Waals surface area contributed by atoms with Crippen molar-refractivity contribution in [3.05, 3.63) is 15.2 Å². The summed E-state index contributed by atoms with van der Waals surface area (Å²) < 4.78 is 28.2. The van der Waals surface area contributed by atoms with Crippen molar-refractivity contribution in [3.8, 4) is 17.2 Å². The molecule has 0 aliphatic heterocycles. The van der Waals surface area contributed by atoms with Crippen LogP contribution in [0.3, 0.4) is 0 Å². The van der Waals surface area contributed by atoms with Crippen molar-refractivity contribution in [1.29, 1.82) is 0 Å². The molecule has 0 fully saturated rings. The van der Waals surface area contributed by atoms with Gasteiger partial charge in [0.15, 0.2) is 24.6 Å². The molecule has 1 aromatic rings. The monoisotopic (exact) mass is 438 g/mol. The number of hydrogen-bond donors (Lipinski definition) is 0. The van der Waals surface area contributed by atoms with E-state index in [1.54, 1.807) is 19.9 Å². The molecule has 0 saturated carbocycles. The molecule has 130 valence electrons. The second kappa shape index (κ2) is 9.94. The standard InChI is InChI=1S/C16H23IO6/c1-6-20-10(3)22-14-8-13(19-5)12(9-18)16(15(14)17)23-11(4)21-7-2/h8-11H,6-7H2,1-5H3. The first-order chi connectivity index (χ1) is 11.0. The fourth-order valence-corrected chi connectivity index (χ4v) is 2.67. The number of carbonyl (C=O) groups excluding carboxylic acids is 1. The molecule has 0 amide bonds. The average Bonchev–Trinajstić information content (AvgIpc) is 2.51. The van der Waals surface area contributed by atoms with E-state index in [0.29, 0.717) is 45.9 Å². The number of hydrogen-bond acceptors (Lipinski definition) is 6. The second-order valence-electron chi connectivity index (χ2n) is 4.53. The van der Waals surface area contributed by atoms with Crippen LogP contribution < -0.4 is 14.2 Å². The summed E-state index contributed by atoms with van der Waals surface area (Å²) in [5.74, 6) is 1.27. The van der Waals surface area contributed by atoms with Crippen LogP contribution in [0.5, 0.6) is 17.2 Å². The lowest BCUT2D eigenvalue weighted by atomic mass is 10.2. The molecule has 0 saturated heterocycles. The minimum atomic E-state index is -0.503. The second-order valence-corrected chi connectivity index (χ2v) is 5.61. The number of methoxy groups -OCH3 is 1. The van der Waals surface area contributed by atoms with Crippen LogP contribution in [-0.2, 0) is 9.47 Å². The van der Waals surface area contributed by atoms with E-state index >= 15 is 0 Å². The highest BCUT2D eigenvalue weighted by atomic mass is 127. The van der Waals surface area contributed by atoms with E-state index in [4.69, 9.17) is 23.7 Å². The van der Waals surface area contributed by atoms with Crippen molar-refractivity contribution in [1.82, 2.24) is 0 Å². The third-order valence-electron chi connectivity index (χ3n) is 2.91. The quantitative estimate of drug-likeness (QED) is 0.316. The number of carbonyl (C=O) groups is 1. The van der Waals surface area contributed by atoms with Gasteiger partial charge < -0.3 is 23.7 Å². The molecule has 0 aliphatic carbocycles. The van der Waals surface area contributed by atoms with E-state index in [-0.39, 0.29) is 0 Å². The van der Waals surface area contributed by atoms with Crippen LogP contribution in [0, 0.1) is 3.57 Å². The first kappa shape index (κ1) is 20.0. The maximum atomic E-state index is 11.5. The molecule has 1 aromatic carbocycles. The predicted octanol–water partition coefficient (Wildman–Crippen LogP) is 3.63. The SMILES string of the molecule is CCOC(C)Oc1cc(OC)c(C=O)c(OC(C)OCC)c1I. The van der Waals surface area contributed by atoms with E-state index in [1.807, 2.05) is 13.8 Å². The van der Waals surface area contributed by atoms with Crippen LogP contribution in [0.15, 0.2) is 6.07 Å². The molecule has 0 spiro atoms. The Labute approximate surface area is 150 Å². The summed E-state index contributed by atoms with van der Waals surface area (Å²) in [5, 5.41) is 0. The van der Waals surface area contributed by atoms with Gasteiger partial charge in [0, 0.05) is 19.3 Å². The van der Waals surface area contributed by atoms with Gasteiger partial charge in [0.2, 0.25) is 0 Å². The van der Waals surface area contributed by atoms with Crippen LogP contribution in [0.4, 0.5) is 0 Å². The summed E-state index contributed by atoms with van der Waals surface area (Å²) in [7, 11) is 1.49. The molecule has 0 radical (unpaired) electrons. The fourth-order valence-electron chi connectivity index (χ4n) is 1.97. The lowest BCUT2D eigenvalue weighted by Gasteiger charge is -2.22. The molecule has 0 N–H and O–H groups in total. The highest BCUT2D eigenvalue weighted by Gasteiger charge is 2.22. The number of benzene rings is 1. The molecule has 23 heavy (non-hydrogen) atoms. The lowest BCUT2D eigenvalue weighted by Crippen LogP contribution is -2.20. The summed E-state index contributed by atoms with van der Waals surface area (Å²) in [6, 6.07) is 1.65. The number of halogens is 1. The van der Waals surface area contributed by atoms with Gasteiger partial charge in [-0.3, -0.25) is 4.79 Å². The Kier molecular flexibility index (Phi) is 8.64. The minimum absolute atomic E-state index is 0.319. The molecular formula is C16H23IO6. The van der Waals surface area contributed by atoms with Crippen molar-refractivity contribution in [2.45, 2.75) is 40.3 Å². The number of aldehydes is 1. The van der Waals surface area contributed by atoms with Crippen molar-refractivity contribution < 1.29 is 28.5 Å². The maximum Gasteiger partial charge on any atom is 0.197 e. The number of ether oxygens (including phenoxy) is 5. The molecule has 6 nitrogen and oxygen atoms in total. The third-order valence-corrected chi connectivity index (χ3v) is 3.93. The summed E-state index contributed by atoms with van der Waals surface area (Å²) in [6.07, 6.45) is -0.237. The lowest BCUT2D eigenvalue weighted by molar-refractivity contribution is -0.0661. The zero-order valence-electron chi connectivity index (χ0n) is 14.1. The van der Waals surface area contributed by atoms with Gasteiger partial charge >= 0.3 is 0 Å². The van der Waals surface area contributed by atoms with Crippen molar-refractivity contribution in [3.63, 3.8) is 0 Å². The Balaban J connectivity index is 3.25. The molecule has 0 aromatic heterocycles. The Morgan fingerprint density at radius 2 is 1.65 bits per heavy atom. The summed E-state index contributed by atoms with van der Waals surface area (Å²) in [5.41, 5.74) is 0.319. The maximum absolute atomic E-state index is 11.5. The van der Waals surface area contributed by atoms with E-state index < -0.39 is 12.6 Å². The Morgan fingerprint density at radius 3 is 2.13 bits per heavy atom. The van der Waals surface area contributed by atoms with E-state index in [9.17, 15) is 4.79 Å². The highest BCUT2D eigenvalue weighted by molar-refractivity contribution is 14.1. The molecule has 1 rings (SSSR count). The van der Waals surface area contributed by atoms with Gasteiger partial charge in [-0.15, -0.1) is 0 Å². The van der Waals surface area contributed by atoms with Gasteiger partial charge in [-0.1, -0.05) is 0 Å². The Hall–Kier alpha value is -1.06. The Bertz CT molecular complexity index is 520. The zero-order chi connectivity index (χ0) is 17.4. The summed E-state index contributed by atoms with van der Waals surface area (Å²) >= 11 is 2.07. The fraction of sp³-hybridized carbons (Fsp3) is 0.562. The minimum Gasteiger partial charge on any atom is -0.496 e. The zero-order valence-corrected chi connectivity index (χ0v) is 16.2. The molecular weight excluding hydrogens is 415 g/mol. The van der Waals surface area contributed by atoms with Gasteiger partial charge in [-0.05, 0) is 50.3 Å². The molecule has 0 bridgehead atoms. The molecule has 2 unspecified atom stereocenters. The first-order valence-corrected chi connectivity index (χ1v) is 8.48. The average molecular weight is 438 g/mol. The van der Waals surface area contributed by atoms with Crippen LogP contribution in [0.1, 0.15) is 38.1 Å². The number of rotatable bonds is 10. The first-order valence-electron chi connectivity index (χ1n) is 7.40. The van der Waals surface area contributed by atoms with Gasteiger partial charge in [-0.2, -0.15) is 0 Å². The van der Waals surface area contributed by atoms with E-state index in [1.165, 1.54) is 7.11 Å². The molecule has 0 aliphatic rings. The predicted molar refractivity (Wildman–Crippen MR) is 94.5 cm³/mol. The smallest absolute Gasteiger partial charge is 0.197 e. The van der Waals surface area contributed by atoms with Crippen LogP contribution >= 0.6 is 22.6 Å².